The zero-order valence-electron chi connectivity index (χ0n) is 18.0. The molecule has 1 saturated carbocycles. The van der Waals surface area contributed by atoms with E-state index >= 15 is 0 Å². The summed E-state index contributed by atoms with van der Waals surface area (Å²) in [6.07, 6.45) is 4.22. The Morgan fingerprint density at radius 3 is 2.20 bits per heavy atom. The summed E-state index contributed by atoms with van der Waals surface area (Å²) in [6.45, 7) is 6.66. The Kier molecular flexibility index (Phi) is 7.18. The van der Waals surface area contributed by atoms with E-state index in [1.165, 1.54) is 28.6 Å². The van der Waals surface area contributed by atoms with Gasteiger partial charge in [0, 0.05) is 19.1 Å². The van der Waals surface area contributed by atoms with Crippen LogP contribution in [-0.2, 0) is 19.6 Å². The highest BCUT2D eigenvalue weighted by Gasteiger charge is 2.32. The van der Waals surface area contributed by atoms with E-state index in [0.29, 0.717) is 24.9 Å². The summed E-state index contributed by atoms with van der Waals surface area (Å²) in [6, 6.07) is 5.89. The number of amides is 1. The van der Waals surface area contributed by atoms with Gasteiger partial charge >= 0.3 is 5.97 Å². The molecule has 1 N–H and O–H groups in total. The van der Waals surface area contributed by atoms with Crippen LogP contribution in [0.3, 0.4) is 0 Å². The lowest BCUT2D eigenvalue weighted by Crippen LogP contribution is -2.42. The third-order valence-electron chi connectivity index (χ3n) is 5.92. The minimum absolute atomic E-state index is 0.156. The molecule has 166 valence electrons. The second-order valence-electron chi connectivity index (χ2n) is 8.83. The fourth-order valence-electron chi connectivity index (χ4n) is 4.38. The van der Waals surface area contributed by atoms with Gasteiger partial charge in [0.15, 0.2) is 6.10 Å². The van der Waals surface area contributed by atoms with Crippen LogP contribution in [0.4, 0.5) is 0 Å². The molecule has 1 aromatic rings. The topological polar surface area (TPSA) is 92.8 Å². The molecule has 3 unspecified atom stereocenters. The Hall–Kier alpha value is -1.93. The van der Waals surface area contributed by atoms with Gasteiger partial charge in [-0.15, -0.1) is 0 Å². The molecule has 1 heterocycles. The second kappa shape index (κ2) is 9.47. The molecule has 2 aliphatic rings. The monoisotopic (exact) mass is 436 g/mol. The van der Waals surface area contributed by atoms with E-state index in [1.807, 2.05) is 0 Å². The average Bonchev–Trinajstić information content (AvgIpc) is 3.20. The lowest BCUT2D eigenvalue weighted by molar-refractivity contribution is -0.129. The highest BCUT2D eigenvalue weighted by molar-refractivity contribution is 7.89. The van der Waals surface area contributed by atoms with Crippen LogP contribution in [0.25, 0.3) is 0 Å². The first-order valence-corrected chi connectivity index (χ1v) is 12.2. The summed E-state index contributed by atoms with van der Waals surface area (Å²) in [5.74, 6) is -0.319. The molecule has 3 atom stereocenters. The lowest BCUT2D eigenvalue weighted by atomic mass is 9.94. The molecule has 1 aromatic carbocycles. The maximum Gasteiger partial charge on any atom is 0.338 e. The van der Waals surface area contributed by atoms with Crippen LogP contribution in [0.2, 0.25) is 0 Å². The van der Waals surface area contributed by atoms with Crippen LogP contribution in [0, 0.1) is 11.8 Å². The van der Waals surface area contributed by atoms with Gasteiger partial charge in [-0.2, -0.15) is 4.31 Å². The summed E-state index contributed by atoms with van der Waals surface area (Å²) in [4.78, 5) is 24.7. The summed E-state index contributed by atoms with van der Waals surface area (Å²) in [7, 11) is -3.60. The van der Waals surface area contributed by atoms with Crippen LogP contribution >= 0.6 is 0 Å². The first-order valence-electron chi connectivity index (χ1n) is 10.8. The van der Waals surface area contributed by atoms with Crippen molar-refractivity contribution >= 4 is 21.9 Å². The van der Waals surface area contributed by atoms with Gasteiger partial charge in [-0.05, 0) is 62.3 Å². The number of carbonyl (C=O) groups excluding carboxylic acids is 2. The van der Waals surface area contributed by atoms with E-state index in [4.69, 9.17) is 4.74 Å². The number of benzene rings is 1. The van der Waals surface area contributed by atoms with E-state index in [2.05, 4.69) is 19.2 Å². The van der Waals surface area contributed by atoms with Crippen LogP contribution in [0.15, 0.2) is 29.2 Å². The van der Waals surface area contributed by atoms with Gasteiger partial charge in [0.25, 0.3) is 5.91 Å². The van der Waals surface area contributed by atoms with Crippen molar-refractivity contribution in [1.29, 1.82) is 0 Å². The van der Waals surface area contributed by atoms with E-state index in [1.54, 1.807) is 6.92 Å². The van der Waals surface area contributed by atoms with Gasteiger partial charge in [0.2, 0.25) is 10.0 Å². The van der Waals surface area contributed by atoms with Gasteiger partial charge in [-0.1, -0.05) is 26.7 Å². The first-order chi connectivity index (χ1) is 14.2. The molecular formula is C22H32N2O5S. The van der Waals surface area contributed by atoms with Crippen molar-refractivity contribution in [2.75, 3.05) is 13.1 Å². The highest BCUT2D eigenvalue weighted by atomic mass is 32.2. The molecule has 1 aliphatic heterocycles. The SMILES string of the molecule is CC1CC(C)CN(S(=O)(=O)c2ccc(C(=O)OC(C)C(=O)NC3CCCC3)cc2)C1. The highest BCUT2D eigenvalue weighted by Crippen LogP contribution is 2.27. The summed E-state index contributed by atoms with van der Waals surface area (Å²) >= 11 is 0. The van der Waals surface area contributed by atoms with Crippen LogP contribution in [0.1, 0.15) is 63.2 Å². The molecule has 30 heavy (non-hydrogen) atoms. The molecule has 0 radical (unpaired) electrons. The van der Waals surface area contributed by atoms with Gasteiger partial charge < -0.3 is 10.1 Å². The molecule has 8 heteroatoms. The van der Waals surface area contributed by atoms with Gasteiger partial charge in [-0.25, -0.2) is 13.2 Å². The predicted molar refractivity (Wildman–Crippen MR) is 113 cm³/mol. The number of piperidine rings is 1. The third kappa shape index (κ3) is 5.40. The Labute approximate surface area is 179 Å². The fraction of sp³-hybridized carbons (Fsp3) is 0.636. The standard InChI is InChI=1S/C22H32N2O5S/c1-15-12-16(2)14-24(13-15)30(27,28)20-10-8-18(9-11-20)22(26)29-17(3)21(25)23-19-6-4-5-7-19/h8-11,15-17,19H,4-7,12-14H2,1-3H3,(H,23,25). The van der Waals surface area contributed by atoms with E-state index in [-0.39, 0.29) is 22.4 Å². The largest absolute Gasteiger partial charge is 0.449 e. The normalized spacial score (nSPS) is 24.4. The van der Waals surface area contributed by atoms with Crippen molar-refractivity contribution in [2.24, 2.45) is 11.8 Å². The number of esters is 1. The number of rotatable bonds is 6. The Morgan fingerprint density at radius 2 is 1.63 bits per heavy atom. The van der Waals surface area contributed by atoms with Crippen LogP contribution in [-0.4, -0.2) is 49.8 Å². The molecule has 0 bridgehead atoms. The number of carbonyl (C=O) groups is 2. The summed E-state index contributed by atoms with van der Waals surface area (Å²) < 4.78 is 32.7. The maximum atomic E-state index is 12.9. The fourth-order valence-corrected chi connectivity index (χ4v) is 6.06. The molecule has 2 fully saturated rings. The maximum absolute atomic E-state index is 12.9. The Bertz CT molecular complexity index is 852. The Balaban J connectivity index is 1.61. The van der Waals surface area contributed by atoms with Crippen LogP contribution in [0.5, 0.6) is 0 Å². The van der Waals surface area contributed by atoms with Gasteiger partial charge in [-0.3, -0.25) is 4.79 Å². The molecule has 0 aromatic heterocycles. The molecule has 1 amide bonds. The van der Waals surface area contributed by atoms with E-state index < -0.39 is 22.1 Å². The zero-order valence-corrected chi connectivity index (χ0v) is 18.8. The van der Waals surface area contributed by atoms with Gasteiger partial charge in [0.05, 0.1) is 10.5 Å². The van der Waals surface area contributed by atoms with Crippen molar-refractivity contribution in [2.45, 2.75) is 69.9 Å². The summed E-state index contributed by atoms with van der Waals surface area (Å²) in [5.41, 5.74) is 0.217. The summed E-state index contributed by atoms with van der Waals surface area (Å²) in [5, 5.41) is 2.91. The number of hydrogen-bond donors (Lipinski definition) is 1. The molecule has 1 saturated heterocycles. The van der Waals surface area contributed by atoms with E-state index in [0.717, 1.165) is 32.1 Å². The van der Waals surface area contributed by atoms with Crippen molar-refractivity contribution in [3.63, 3.8) is 0 Å². The zero-order chi connectivity index (χ0) is 21.9. The van der Waals surface area contributed by atoms with Crippen molar-refractivity contribution in [3.05, 3.63) is 29.8 Å². The minimum Gasteiger partial charge on any atom is -0.449 e. The number of nitrogens with one attached hydrogen (secondary N) is 1. The molecular weight excluding hydrogens is 404 g/mol. The molecule has 7 nitrogen and oxygen atoms in total. The molecule has 1 aliphatic carbocycles. The smallest absolute Gasteiger partial charge is 0.338 e. The number of hydrogen-bond acceptors (Lipinski definition) is 5. The van der Waals surface area contributed by atoms with Crippen molar-refractivity contribution in [1.82, 2.24) is 9.62 Å². The second-order valence-corrected chi connectivity index (χ2v) is 10.8. The lowest BCUT2D eigenvalue weighted by Gasteiger charge is -2.34. The average molecular weight is 437 g/mol. The number of nitrogens with zero attached hydrogens (tertiary/aromatic N) is 1. The number of ether oxygens (including phenoxy) is 1. The van der Waals surface area contributed by atoms with Crippen molar-refractivity contribution < 1.29 is 22.7 Å². The first kappa shape index (κ1) is 22.7. The number of sulfonamides is 1. The molecule has 0 spiro atoms. The van der Waals surface area contributed by atoms with Crippen molar-refractivity contribution in [3.8, 4) is 0 Å². The quantitative estimate of drug-likeness (QED) is 0.692. The van der Waals surface area contributed by atoms with Crippen LogP contribution < -0.4 is 5.32 Å². The van der Waals surface area contributed by atoms with E-state index in [9.17, 15) is 18.0 Å². The molecule has 3 rings (SSSR count). The predicted octanol–water partition coefficient (Wildman–Crippen LogP) is 2.96. The van der Waals surface area contributed by atoms with Gasteiger partial charge in [0.1, 0.15) is 0 Å². The third-order valence-corrected chi connectivity index (χ3v) is 7.76. The Morgan fingerprint density at radius 1 is 1.07 bits per heavy atom. The minimum atomic E-state index is -3.60.